The summed E-state index contributed by atoms with van der Waals surface area (Å²) < 4.78 is 0. The summed E-state index contributed by atoms with van der Waals surface area (Å²) in [6.45, 7) is 1.96. The molecule has 0 aliphatic heterocycles. The number of aliphatic carboxylic acids is 1. The molecule has 1 aromatic rings. The van der Waals surface area contributed by atoms with Crippen LogP contribution in [0.1, 0.15) is 18.1 Å². The number of benzene rings is 1. The highest BCUT2D eigenvalue weighted by Gasteiger charge is 2.07. The Kier molecular flexibility index (Phi) is 3.32. The van der Waals surface area contributed by atoms with E-state index < -0.39 is 5.97 Å². The van der Waals surface area contributed by atoms with E-state index in [2.05, 4.69) is 0 Å². The molecular formula is C10H11ClO2. The van der Waals surface area contributed by atoms with Gasteiger partial charge in [-0.25, -0.2) is 0 Å². The van der Waals surface area contributed by atoms with Crippen molar-refractivity contribution < 1.29 is 9.90 Å². The second kappa shape index (κ2) is 4.28. The van der Waals surface area contributed by atoms with E-state index in [0.29, 0.717) is 5.02 Å². The SMILES string of the molecule is CCc1c(Cl)cccc1CC(=O)O. The van der Waals surface area contributed by atoms with Crippen LogP contribution in [0.3, 0.4) is 0 Å². The highest BCUT2D eigenvalue weighted by Crippen LogP contribution is 2.20. The van der Waals surface area contributed by atoms with Crippen LogP contribution < -0.4 is 0 Å². The lowest BCUT2D eigenvalue weighted by Gasteiger charge is -2.06. The van der Waals surface area contributed by atoms with E-state index in [9.17, 15) is 4.79 Å². The number of carboxylic acids is 1. The van der Waals surface area contributed by atoms with Gasteiger partial charge >= 0.3 is 5.97 Å². The van der Waals surface area contributed by atoms with Gasteiger partial charge in [0.25, 0.3) is 0 Å². The van der Waals surface area contributed by atoms with Gasteiger partial charge in [-0.3, -0.25) is 4.79 Å². The van der Waals surface area contributed by atoms with Crippen molar-refractivity contribution in [2.45, 2.75) is 19.8 Å². The molecule has 0 atom stereocenters. The maximum Gasteiger partial charge on any atom is 0.307 e. The predicted octanol–water partition coefficient (Wildman–Crippen LogP) is 2.53. The lowest BCUT2D eigenvalue weighted by molar-refractivity contribution is -0.136. The van der Waals surface area contributed by atoms with Crippen LogP contribution in [0.15, 0.2) is 18.2 Å². The summed E-state index contributed by atoms with van der Waals surface area (Å²) in [7, 11) is 0. The van der Waals surface area contributed by atoms with Crippen LogP contribution in [-0.2, 0) is 17.6 Å². The molecule has 1 N–H and O–H groups in total. The molecule has 0 radical (unpaired) electrons. The van der Waals surface area contributed by atoms with Crippen LogP contribution >= 0.6 is 11.6 Å². The molecule has 0 heterocycles. The average molecular weight is 199 g/mol. The van der Waals surface area contributed by atoms with Crippen LogP contribution in [0.5, 0.6) is 0 Å². The number of carbonyl (C=O) groups is 1. The van der Waals surface area contributed by atoms with E-state index in [1.165, 1.54) is 0 Å². The lowest BCUT2D eigenvalue weighted by Crippen LogP contribution is -2.03. The standard InChI is InChI=1S/C10H11ClO2/c1-2-8-7(6-10(12)13)4-3-5-9(8)11/h3-5H,2,6H2,1H3,(H,12,13). The number of rotatable bonds is 3. The number of hydrogen-bond acceptors (Lipinski definition) is 1. The van der Waals surface area contributed by atoms with Gasteiger partial charge in [0.1, 0.15) is 0 Å². The van der Waals surface area contributed by atoms with Crippen molar-refractivity contribution in [2.24, 2.45) is 0 Å². The van der Waals surface area contributed by atoms with E-state index in [4.69, 9.17) is 16.7 Å². The van der Waals surface area contributed by atoms with Gasteiger partial charge in [-0.1, -0.05) is 30.7 Å². The zero-order valence-corrected chi connectivity index (χ0v) is 8.14. The first kappa shape index (κ1) is 10.1. The molecule has 1 aromatic carbocycles. The van der Waals surface area contributed by atoms with Gasteiger partial charge in [-0.05, 0) is 23.6 Å². The lowest BCUT2D eigenvalue weighted by atomic mass is 10.0. The van der Waals surface area contributed by atoms with Crippen molar-refractivity contribution in [1.29, 1.82) is 0 Å². The summed E-state index contributed by atoms with van der Waals surface area (Å²) in [4.78, 5) is 10.5. The molecule has 0 bridgehead atoms. The van der Waals surface area contributed by atoms with Gasteiger partial charge < -0.3 is 5.11 Å². The van der Waals surface area contributed by atoms with E-state index in [-0.39, 0.29) is 6.42 Å². The number of hydrogen-bond donors (Lipinski definition) is 1. The highest BCUT2D eigenvalue weighted by molar-refractivity contribution is 6.31. The molecule has 0 unspecified atom stereocenters. The van der Waals surface area contributed by atoms with E-state index in [1.54, 1.807) is 18.2 Å². The Hall–Kier alpha value is -1.02. The van der Waals surface area contributed by atoms with E-state index >= 15 is 0 Å². The van der Waals surface area contributed by atoms with Crippen molar-refractivity contribution in [3.8, 4) is 0 Å². The zero-order valence-electron chi connectivity index (χ0n) is 7.38. The third-order valence-corrected chi connectivity index (χ3v) is 2.27. The summed E-state index contributed by atoms with van der Waals surface area (Å²) in [6.07, 6.45) is 0.812. The second-order valence-corrected chi connectivity index (χ2v) is 3.21. The number of carboxylic acid groups (broad SMARTS) is 1. The Bertz CT molecular complexity index is 321. The first-order valence-electron chi connectivity index (χ1n) is 4.13. The Morgan fingerprint density at radius 3 is 2.77 bits per heavy atom. The highest BCUT2D eigenvalue weighted by atomic mass is 35.5. The normalized spacial score (nSPS) is 10.0. The molecule has 0 fully saturated rings. The summed E-state index contributed by atoms with van der Waals surface area (Å²) in [5.41, 5.74) is 1.74. The predicted molar refractivity (Wildman–Crippen MR) is 52.2 cm³/mol. The van der Waals surface area contributed by atoms with Gasteiger partial charge in [0.05, 0.1) is 6.42 Å². The maximum atomic E-state index is 10.5. The van der Waals surface area contributed by atoms with Crippen molar-refractivity contribution in [2.75, 3.05) is 0 Å². The van der Waals surface area contributed by atoms with Gasteiger partial charge in [0.2, 0.25) is 0 Å². The monoisotopic (exact) mass is 198 g/mol. The maximum absolute atomic E-state index is 10.5. The smallest absolute Gasteiger partial charge is 0.307 e. The molecular weight excluding hydrogens is 188 g/mol. The van der Waals surface area contributed by atoms with Crippen molar-refractivity contribution >= 4 is 17.6 Å². The molecule has 13 heavy (non-hydrogen) atoms. The largest absolute Gasteiger partial charge is 0.481 e. The van der Waals surface area contributed by atoms with Gasteiger partial charge in [-0.2, -0.15) is 0 Å². The first-order valence-corrected chi connectivity index (χ1v) is 4.51. The molecule has 0 spiro atoms. The van der Waals surface area contributed by atoms with Crippen molar-refractivity contribution in [3.63, 3.8) is 0 Å². The third kappa shape index (κ3) is 2.46. The second-order valence-electron chi connectivity index (χ2n) is 2.80. The summed E-state index contributed by atoms with van der Waals surface area (Å²) in [6, 6.07) is 5.37. The van der Waals surface area contributed by atoms with E-state index in [1.807, 2.05) is 6.92 Å². The molecule has 0 aliphatic carbocycles. The summed E-state index contributed by atoms with van der Waals surface area (Å²) >= 11 is 5.92. The molecule has 70 valence electrons. The van der Waals surface area contributed by atoms with Gasteiger partial charge in [0.15, 0.2) is 0 Å². The van der Waals surface area contributed by atoms with Crippen LogP contribution in [0.4, 0.5) is 0 Å². The third-order valence-electron chi connectivity index (χ3n) is 1.91. The quantitative estimate of drug-likeness (QED) is 0.811. The van der Waals surface area contributed by atoms with Crippen LogP contribution in [0, 0.1) is 0 Å². The van der Waals surface area contributed by atoms with Crippen molar-refractivity contribution in [3.05, 3.63) is 34.3 Å². The van der Waals surface area contributed by atoms with Crippen molar-refractivity contribution in [1.82, 2.24) is 0 Å². The minimum Gasteiger partial charge on any atom is -0.481 e. The Morgan fingerprint density at radius 1 is 1.54 bits per heavy atom. The average Bonchev–Trinajstić information content (AvgIpc) is 2.03. The Labute approximate surface area is 82.2 Å². The molecule has 0 saturated heterocycles. The van der Waals surface area contributed by atoms with Crippen LogP contribution in [-0.4, -0.2) is 11.1 Å². The Morgan fingerprint density at radius 2 is 2.23 bits per heavy atom. The summed E-state index contributed by atoms with van der Waals surface area (Å²) in [5.74, 6) is -0.822. The Balaban J connectivity index is 3.05. The fourth-order valence-corrected chi connectivity index (χ4v) is 1.66. The van der Waals surface area contributed by atoms with Gasteiger partial charge in [-0.15, -0.1) is 0 Å². The molecule has 0 amide bonds. The molecule has 0 aliphatic rings. The van der Waals surface area contributed by atoms with Gasteiger partial charge in [0, 0.05) is 5.02 Å². The first-order chi connectivity index (χ1) is 6.15. The molecule has 1 rings (SSSR count). The minimum absolute atomic E-state index is 0.0454. The van der Waals surface area contributed by atoms with E-state index in [0.717, 1.165) is 17.5 Å². The number of halogens is 1. The zero-order chi connectivity index (χ0) is 9.84. The molecule has 0 aromatic heterocycles. The van der Waals surface area contributed by atoms with Crippen LogP contribution in [0.25, 0.3) is 0 Å². The summed E-state index contributed by atoms with van der Waals surface area (Å²) in [5, 5.41) is 9.29. The topological polar surface area (TPSA) is 37.3 Å². The molecule has 3 heteroatoms. The van der Waals surface area contributed by atoms with Crippen LogP contribution in [0.2, 0.25) is 5.02 Å². The fourth-order valence-electron chi connectivity index (χ4n) is 1.33. The minimum atomic E-state index is -0.822. The molecule has 2 nitrogen and oxygen atoms in total. The fraction of sp³-hybridized carbons (Fsp3) is 0.300. The molecule has 0 saturated carbocycles.